The van der Waals surface area contributed by atoms with E-state index in [9.17, 15) is 22.4 Å². The average Bonchev–Trinajstić information content (AvgIpc) is 2.88. The number of para-hydroxylation sites is 1. The van der Waals surface area contributed by atoms with Crippen LogP contribution in [0.2, 0.25) is 0 Å². The van der Waals surface area contributed by atoms with Crippen molar-refractivity contribution in [1.82, 2.24) is 5.32 Å². The maximum atomic E-state index is 14.5. The number of halogens is 4. The Labute approximate surface area is 207 Å². The molecule has 0 aliphatic carbocycles. The first-order chi connectivity index (χ1) is 17.3. The maximum absolute atomic E-state index is 14.5. The van der Waals surface area contributed by atoms with Gasteiger partial charge < -0.3 is 15.1 Å². The number of amides is 1. The molecule has 5 rings (SSSR count). The van der Waals surface area contributed by atoms with Crippen LogP contribution in [0.1, 0.15) is 16.7 Å². The van der Waals surface area contributed by atoms with E-state index < -0.39 is 17.7 Å². The lowest BCUT2D eigenvalue weighted by molar-refractivity contribution is -0.137. The summed E-state index contributed by atoms with van der Waals surface area (Å²) in [7, 11) is 0. The Bertz CT molecular complexity index is 1230. The highest BCUT2D eigenvalue weighted by molar-refractivity contribution is 5.82. The number of hydrogen-bond acceptors (Lipinski definition) is 3. The molecule has 0 saturated carbocycles. The smallest absolute Gasteiger partial charge is 0.365 e. The van der Waals surface area contributed by atoms with Crippen molar-refractivity contribution in [3.63, 3.8) is 0 Å². The van der Waals surface area contributed by atoms with E-state index in [0.29, 0.717) is 43.9 Å². The van der Waals surface area contributed by atoms with Crippen LogP contribution in [0.5, 0.6) is 0 Å². The van der Waals surface area contributed by atoms with Crippen LogP contribution in [0, 0.1) is 11.7 Å². The standard InChI is InChI=1S/C28H27F4N3O/c29-23-8-4-5-9-25(23)34-14-15-35-24-11-10-21(28(30,31)32)16-20(24)17-22(26(35)18-34)27(36)33-13-12-19-6-2-1-3-7-19/h1-11,16,22,26H,12-15,17-18H2,(H,33,36)/t22-,26-/m0/s1. The van der Waals surface area contributed by atoms with Gasteiger partial charge in [0, 0.05) is 31.9 Å². The molecule has 0 spiro atoms. The third-order valence-corrected chi connectivity index (χ3v) is 7.12. The van der Waals surface area contributed by atoms with Gasteiger partial charge >= 0.3 is 6.18 Å². The van der Waals surface area contributed by atoms with Crippen molar-refractivity contribution in [2.75, 3.05) is 36.0 Å². The molecule has 2 atom stereocenters. The van der Waals surface area contributed by atoms with Gasteiger partial charge in [0.05, 0.1) is 23.2 Å². The van der Waals surface area contributed by atoms with E-state index in [2.05, 4.69) is 5.32 Å². The minimum atomic E-state index is -4.46. The summed E-state index contributed by atoms with van der Waals surface area (Å²) >= 11 is 0. The zero-order chi connectivity index (χ0) is 25.3. The zero-order valence-electron chi connectivity index (χ0n) is 19.6. The van der Waals surface area contributed by atoms with Crippen LogP contribution in [-0.2, 0) is 23.8 Å². The normalized spacial score (nSPS) is 19.4. The highest BCUT2D eigenvalue weighted by atomic mass is 19.4. The van der Waals surface area contributed by atoms with Crippen LogP contribution >= 0.6 is 0 Å². The fourth-order valence-corrected chi connectivity index (χ4v) is 5.33. The molecule has 1 fully saturated rings. The third kappa shape index (κ3) is 4.90. The van der Waals surface area contributed by atoms with Crippen LogP contribution in [0.3, 0.4) is 0 Å². The molecule has 0 unspecified atom stereocenters. The van der Waals surface area contributed by atoms with Gasteiger partial charge in [0.15, 0.2) is 0 Å². The summed E-state index contributed by atoms with van der Waals surface area (Å²) in [6.45, 7) is 1.81. The fraction of sp³-hybridized carbons (Fsp3) is 0.321. The Morgan fingerprint density at radius 1 is 0.944 bits per heavy atom. The first kappa shape index (κ1) is 24.2. The molecular formula is C28H27F4N3O. The summed E-state index contributed by atoms with van der Waals surface area (Å²) in [6, 6.07) is 19.8. The van der Waals surface area contributed by atoms with E-state index in [0.717, 1.165) is 17.3 Å². The third-order valence-electron chi connectivity index (χ3n) is 7.12. The summed E-state index contributed by atoms with van der Waals surface area (Å²) in [4.78, 5) is 17.3. The molecular weight excluding hydrogens is 470 g/mol. The van der Waals surface area contributed by atoms with E-state index in [1.54, 1.807) is 18.2 Å². The summed E-state index contributed by atoms with van der Waals surface area (Å²) in [5.41, 5.74) is 2.08. The minimum Gasteiger partial charge on any atom is -0.365 e. The maximum Gasteiger partial charge on any atom is 0.416 e. The van der Waals surface area contributed by atoms with Gasteiger partial charge in [-0.25, -0.2) is 4.39 Å². The lowest BCUT2D eigenvalue weighted by Crippen LogP contribution is -2.61. The molecule has 2 aliphatic heterocycles. The SMILES string of the molecule is O=C(NCCc1ccccc1)[C@H]1Cc2cc(C(F)(F)F)ccc2N2CCN(c3ccccc3F)C[C@@H]12. The van der Waals surface area contributed by atoms with Crippen LogP contribution in [0.25, 0.3) is 0 Å². The quantitative estimate of drug-likeness (QED) is 0.500. The molecule has 1 amide bonds. The Morgan fingerprint density at radius 3 is 2.44 bits per heavy atom. The molecule has 2 heterocycles. The van der Waals surface area contributed by atoms with Crippen molar-refractivity contribution in [3.05, 3.63) is 95.3 Å². The Kier molecular flexibility index (Phi) is 6.60. The largest absolute Gasteiger partial charge is 0.416 e. The van der Waals surface area contributed by atoms with E-state index in [1.807, 2.05) is 40.1 Å². The molecule has 2 aliphatic rings. The Morgan fingerprint density at radius 2 is 1.69 bits per heavy atom. The van der Waals surface area contributed by atoms with Crippen molar-refractivity contribution in [2.45, 2.75) is 25.1 Å². The van der Waals surface area contributed by atoms with E-state index in [1.165, 1.54) is 18.2 Å². The van der Waals surface area contributed by atoms with Crippen molar-refractivity contribution in [2.24, 2.45) is 5.92 Å². The highest BCUT2D eigenvalue weighted by Crippen LogP contribution is 2.40. The molecule has 3 aromatic rings. The van der Waals surface area contributed by atoms with Gasteiger partial charge in [-0.1, -0.05) is 42.5 Å². The first-order valence-corrected chi connectivity index (χ1v) is 12.1. The molecule has 36 heavy (non-hydrogen) atoms. The number of fused-ring (bicyclic) bond motifs is 3. The Balaban J connectivity index is 1.41. The second-order valence-corrected chi connectivity index (χ2v) is 9.34. The lowest BCUT2D eigenvalue weighted by atomic mass is 9.82. The second-order valence-electron chi connectivity index (χ2n) is 9.34. The van der Waals surface area contributed by atoms with Crippen LogP contribution < -0.4 is 15.1 Å². The molecule has 1 saturated heterocycles. The number of nitrogens with zero attached hydrogens (tertiary/aromatic N) is 2. The second kappa shape index (κ2) is 9.84. The van der Waals surface area contributed by atoms with Gasteiger partial charge in [-0.05, 0) is 54.3 Å². The zero-order valence-corrected chi connectivity index (χ0v) is 19.6. The Hall–Kier alpha value is -3.55. The summed E-state index contributed by atoms with van der Waals surface area (Å²) in [5.74, 6) is -1.09. The van der Waals surface area contributed by atoms with Gasteiger partial charge in [0.25, 0.3) is 0 Å². The van der Waals surface area contributed by atoms with Crippen molar-refractivity contribution < 1.29 is 22.4 Å². The van der Waals surface area contributed by atoms with Gasteiger partial charge in [-0.15, -0.1) is 0 Å². The number of carbonyl (C=O) groups is 1. The van der Waals surface area contributed by atoms with Crippen LogP contribution in [-0.4, -0.2) is 38.1 Å². The predicted molar refractivity (Wildman–Crippen MR) is 132 cm³/mol. The fourth-order valence-electron chi connectivity index (χ4n) is 5.33. The molecule has 4 nitrogen and oxygen atoms in total. The molecule has 0 radical (unpaired) electrons. The number of alkyl halides is 3. The van der Waals surface area contributed by atoms with Crippen LogP contribution in [0.15, 0.2) is 72.8 Å². The number of anilines is 2. The number of hydrogen-bond donors (Lipinski definition) is 1. The predicted octanol–water partition coefficient (Wildman–Crippen LogP) is 5.07. The van der Waals surface area contributed by atoms with Gasteiger partial charge in [0.2, 0.25) is 5.91 Å². The van der Waals surface area contributed by atoms with Crippen LogP contribution in [0.4, 0.5) is 28.9 Å². The van der Waals surface area contributed by atoms with Crippen molar-refractivity contribution in [3.8, 4) is 0 Å². The molecule has 1 N–H and O–H groups in total. The van der Waals surface area contributed by atoms with Gasteiger partial charge in [-0.3, -0.25) is 4.79 Å². The summed E-state index contributed by atoms with van der Waals surface area (Å²) < 4.78 is 54.8. The van der Waals surface area contributed by atoms with E-state index >= 15 is 0 Å². The van der Waals surface area contributed by atoms with E-state index in [4.69, 9.17) is 0 Å². The van der Waals surface area contributed by atoms with Gasteiger partial charge in [0.1, 0.15) is 5.82 Å². The molecule has 3 aromatic carbocycles. The van der Waals surface area contributed by atoms with Crippen molar-refractivity contribution in [1.29, 1.82) is 0 Å². The highest BCUT2D eigenvalue weighted by Gasteiger charge is 2.43. The number of benzene rings is 3. The van der Waals surface area contributed by atoms with E-state index in [-0.39, 0.29) is 24.2 Å². The first-order valence-electron chi connectivity index (χ1n) is 12.1. The number of carbonyl (C=O) groups excluding carboxylic acids is 1. The molecule has 188 valence electrons. The molecule has 0 bridgehead atoms. The summed E-state index contributed by atoms with van der Waals surface area (Å²) in [5, 5.41) is 3.00. The average molecular weight is 498 g/mol. The minimum absolute atomic E-state index is 0.195. The molecule has 8 heteroatoms. The topological polar surface area (TPSA) is 35.6 Å². The van der Waals surface area contributed by atoms with Gasteiger partial charge in [-0.2, -0.15) is 13.2 Å². The monoisotopic (exact) mass is 497 g/mol. The number of piperazine rings is 1. The molecule has 0 aromatic heterocycles. The number of rotatable bonds is 5. The number of nitrogens with one attached hydrogen (secondary N) is 1. The lowest BCUT2D eigenvalue weighted by Gasteiger charge is -2.49. The summed E-state index contributed by atoms with van der Waals surface area (Å²) in [6.07, 6.45) is -3.60. The van der Waals surface area contributed by atoms with Crippen molar-refractivity contribution >= 4 is 17.3 Å².